The lowest BCUT2D eigenvalue weighted by molar-refractivity contribution is -0.652. The van der Waals surface area contributed by atoms with Gasteiger partial charge in [0, 0.05) is 30.2 Å². The molecule has 1 heterocycles. The zero-order chi connectivity index (χ0) is 20.2. The van der Waals surface area contributed by atoms with Gasteiger partial charge >= 0.3 is 0 Å². The summed E-state index contributed by atoms with van der Waals surface area (Å²) >= 11 is 0. The molecule has 0 saturated heterocycles. The molecule has 27 heavy (non-hydrogen) atoms. The summed E-state index contributed by atoms with van der Waals surface area (Å²) in [5.41, 5.74) is 6.31. The Hall–Kier alpha value is -2.98. The number of hydrogen-bond donors (Lipinski definition) is 2. The van der Waals surface area contributed by atoms with Crippen molar-refractivity contribution in [1.82, 2.24) is 9.78 Å². The molecule has 0 aliphatic rings. The number of aryl methyl sites for hydroxylation is 1. The molecule has 8 nitrogen and oxygen atoms in total. The third-order valence-corrected chi connectivity index (χ3v) is 4.63. The molecule has 0 fully saturated rings. The number of halogens is 1. The van der Waals surface area contributed by atoms with Gasteiger partial charge in [-0.3, -0.25) is 5.84 Å². The fraction of sp³-hybridized carbons (Fsp3) is 0.176. The molecule has 0 saturated carbocycles. The first-order valence-corrected chi connectivity index (χ1v) is 9.26. The maximum atomic E-state index is 13.4. The molecule has 1 aromatic heterocycles. The van der Waals surface area contributed by atoms with E-state index in [0.717, 1.165) is 5.82 Å². The Kier molecular flexibility index (Phi) is 6.13. The number of nitrogens with zero attached hydrogens (tertiary/aromatic N) is 3. The summed E-state index contributed by atoms with van der Waals surface area (Å²) in [6.07, 6.45) is 0. The first-order chi connectivity index (χ1) is 12.6. The Labute approximate surface area is 156 Å². The normalized spacial score (nSPS) is 11.0. The van der Waals surface area contributed by atoms with E-state index < -0.39 is 10.1 Å². The Morgan fingerprint density at radius 2 is 1.74 bits per heavy atom. The van der Waals surface area contributed by atoms with Crippen molar-refractivity contribution in [2.45, 2.75) is 25.3 Å². The average Bonchev–Trinajstić information content (AvgIpc) is 2.84. The molecule has 2 aromatic carbocycles. The Morgan fingerprint density at radius 1 is 1.15 bits per heavy atom. The predicted molar refractivity (Wildman–Crippen MR) is 96.4 cm³/mol. The molecule has 0 unspecified atom stereocenters. The van der Waals surface area contributed by atoms with E-state index >= 15 is 0 Å². The zero-order valence-corrected chi connectivity index (χ0v) is 15.6. The number of aromatic nitrogens is 3. The van der Waals surface area contributed by atoms with Gasteiger partial charge in [-0.2, -0.15) is 0 Å². The van der Waals surface area contributed by atoms with E-state index in [2.05, 4.69) is 5.10 Å². The topological polar surface area (TPSA) is 131 Å². The first-order valence-electron chi connectivity index (χ1n) is 7.85. The monoisotopic (exact) mass is 393 g/mol. The van der Waals surface area contributed by atoms with Crippen LogP contribution in [0.4, 0.5) is 10.1 Å². The van der Waals surface area contributed by atoms with Gasteiger partial charge in [0.1, 0.15) is 22.5 Å². The molecule has 144 valence electrons. The largest absolute Gasteiger partial charge is 0.744 e. The molecule has 4 N–H and O–H groups in total. The number of hydrogen-bond acceptors (Lipinski definition) is 6. The minimum absolute atomic E-state index is 0.223. The molecular weight excluding hydrogens is 373 g/mol. The highest BCUT2D eigenvalue weighted by atomic mass is 32.2. The van der Waals surface area contributed by atoms with E-state index in [4.69, 9.17) is 11.6 Å². The highest BCUT2D eigenvalue weighted by Gasteiger charge is 2.18. The Bertz CT molecular complexity index is 1030. The van der Waals surface area contributed by atoms with Gasteiger partial charge in [-0.15, -0.1) is 9.36 Å². The molecule has 3 rings (SSSR count). The summed E-state index contributed by atoms with van der Waals surface area (Å²) in [5, 5.41) is 4.23. The standard InChI is InChI=1S/C11H14FN4.C6H7NO3S/c1-8-14-15(9(2)16(8)13)7-10-5-3-4-6-11(10)12;7-5-1-3-6(4-2-5)11(8,9)10/h3-6H,7,13H2,1-2H3;1-4H,7H2,(H,8,9,10)/q+1;/p-1. The third-order valence-electron chi connectivity index (χ3n) is 3.78. The van der Waals surface area contributed by atoms with Crippen LogP contribution in [-0.4, -0.2) is 22.8 Å². The van der Waals surface area contributed by atoms with Crippen LogP contribution in [-0.2, 0) is 16.7 Å². The molecule has 0 aliphatic carbocycles. The van der Waals surface area contributed by atoms with Crippen molar-refractivity contribution in [3.8, 4) is 0 Å². The highest BCUT2D eigenvalue weighted by molar-refractivity contribution is 7.85. The van der Waals surface area contributed by atoms with Crippen LogP contribution in [0.2, 0.25) is 0 Å². The van der Waals surface area contributed by atoms with Gasteiger partial charge in [0.2, 0.25) is 0 Å². The minimum Gasteiger partial charge on any atom is -0.744 e. The van der Waals surface area contributed by atoms with Crippen LogP contribution < -0.4 is 16.3 Å². The van der Waals surface area contributed by atoms with Crippen molar-refractivity contribution in [2.75, 3.05) is 11.6 Å². The van der Waals surface area contributed by atoms with Gasteiger partial charge in [0.05, 0.1) is 4.90 Å². The maximum absolute atomic E-state index is 13.4. The van der Waals surface area contributed by atoms with Crippen LogP contribution in [0.1, 0.15) is 17.2 Å². The molecule has 0 spiro atoms. The number of anilines is 1. The smallest absolute Gasteiger partial charge is 0.295 e. The average molecular weight is 393 g/mol. The van der Waals surface area contributed by atoms with E-state index in [1.54, 1.807) is 22.9 Å². The van der Waals surface area contributed by atoms with E-state index in [-0.39, 0.29) is 10.7 Å². The summed E-state index contributed by atoms with van der Waals surface area (Å²) < 4.78 is 47.7. The lowest BCUT2D eigenvalue weighted by atomic mass is 10.2. The second kappa shape index (κ2) is 8.14. The van der Waals surface area contributed by atoms with Crippen molar-refractivity contribution in [2.24, 2.45) is 0 Å². The van der Waals surface area contributed by atoms with Gasteiger partial charge in [-0.25, -0.2) is 12.8 Å². The van der Waals surface area contributed by atoms with Crippen molar-refractivity contribution in [3.05, 3.63) is 71.6 Å². The van der Waals surface area contributed by atoms with Crippen LogP contribution in [0.3, 0.4) is 0 Å². The molecule has 10 heteroatoms. The van der Waals surface area contributed by atoms with E-state index in [1.807, 2.05) is 13.8 Å². The van der Waals surface area contributed by atoms with Gasteiger partial charge in [0.15, 0.2) is 0 Å². The van der Waals surface area contributed by atoms with Gasteiger partial charge < -0.3 is 10.3 Å². The molecular formula is C17H20FN5O3S. The summed E-state index contributed by atoms with van der Waals surface area (Å²) in [6, 6.07) is 11.7. The van der Waals surface area contributed by atoms with E-state index in [0.29, 0.717) is 23.6 Å². The molecule has 0 amide bonds. The third kappa shape index (κ3) is 5.25. The lowest BCUT2D eigenvalue weighted by Gasteiger charge is -2.05. The highest BCUT2D eigenvalue weighted by Crippen LogP contribution is 2.10. The summed E-state index contributed by atoms with van der Waals surface area (Å²) in [4.78, 5) is -0.258. The molecule has 0 radical (unpaired) electrons. The maximum Gasteiger partial charge on any atom is 0.295 e. The van der Waals surface area contributed by atoms with Crippen LogP contribution in [0.25, 0.3) is 0 Å². The second-order valence-electron chi connectivity index (χ2n) is 5.74. The van der Waals surface area contributed by atoms with Gasteiger partial charge in [-0.05, 0) is 30.3 Å². The van der Waals surface area contributed by atoms with Crippen LogP contribution in [0.5, 0.6) is 0 Å². The number of rotatable bonds is 3. The summed E-state index contributed by atoms with van der Waals surface area (Å²) in [5.74, 6) is 7.01. The second-order valence-corrected chi connectivity index (χ2v) is 7.12. The molecule has 0 aliphatic heterocycles. The van der Waals surface area contributed by atoms with Gasteiger partial charge in [-0.1, -0.05) is 18.2 Å². The minimum atomic E-state index is -4.33. The fourth-order valence-corrected chi connectivity index (χ4v) is 2.70. The lowest BCUT2D eigenvalue weighted by Crippen LogP contribution is -2.48. The van der Waals surface area contributed by atoms with Crippen LogP contribution >= 0.6 is 0 Å². The fourth-order valence-electron chi connectivity index (χ4n) is 2.23. The SMILES string of the molecule is Cc1nn(Cc2ccccc2F)c(C)[n+]1N.Nc1ccc(S(=O)(=O)[O-])cc1. The number of nitrogens with two attached hydrogens (primary N) is 2. The van der Waals surface area contributed by atoms with Crippen molar-refractivity contribution in [3.63, 3.8) is 0 Å². The molecule has 3 aromatic rings. The van der Waals surface area contributed by atoms with E-state index in [9.17, 15) is 17.4 Å². The van der Waals surface area contributed by atoms with Crippen molar-refractivity contribution in [1.29, 1.82) is 0 Å². The quantitative estimate of drug-likeness (QED) is 0.294. The Morgan fingerprint density at radius 3 is 2.22 bits per heavy atom. The number of nitrogen functional groups attached to an aromatic ring is 2. The molecule has 0 atom stereocenters. The van der Waals surface area contributed by atoms with Crippen molar-refractivity contribution >= 4 is 15.8 Å². The van der Waals surface area contributed by atoms with Crippen LogP contribution in [0.15, 0.2) is 53.4 Å². The molecule has 0 bridgehead atoms. The van der Waals surface area contributed by atoms with E-state index in [1.165, 1.54) is 35.0 Å². The summed E-state index contributed by atoms with van der Waals surface area (Å²) in [7, 11) is -4.33. The Balaban J connectivity index is 0.000000208. The van der Waals surface area contributed by atoms with Crippen LogP contribution in [0, 0.1) is 19.7 Å². The number of benzene rings is 2. The summed E-state index contributed by atoms with van der Waals surface area (Å²) in [6.45, 7) is 4.05. The van der Waals surface area contributed by atoms with Gasteiger partial charge in [0.25, 0.3) is 11.6 Å². The zero-order valence-electron chi connectivity index (χ0n) is 14.8. The van der Waals surface area contributed by atoms with Crippen molar-refractivity contribution < 1.29 is 22.0 Å². The first kappa shape index (κ1) is 20.3. The predicted octanol–water partition coefficient (Wildman–Crippen LogP) is 0.862.